The van der Waals surface area contributed by atoms with Crippen molar-refractivity contribution in [2.24, 2.45) is 0 Å². The number of aromatic nitrogens is 4. The zero-order valence-electron chi connectivity index (χ0n) is 10.0. The number of fused-ring (bicyclic) bond motifs is 1. The summed E-state index contributed by atoms with van der Waals surface area (Å²) in [5.74, 6) is -0.131. The lowest BCUT2D eigenvalue weighted by atomic mass is 10.2. The van der Waals surface area contributed by atoms with E-state index in [1.165, 1.54) is 9.44 Å². The van der Waals surface area contributed by atoms with Gasteiger partial charge in [-0.3, -0.25) is 14.6 Å². The number of benzene rings is 1. The molecular weight excluding hydrogens is 373 g/mol. The molecule has 2 heterocycles. The molecular formula is C12H8IN5O2. The lowest BCUT2D eigenvalue weighted by Gasteiger charge is -2.12. The Morgan fingerprint density at radius 2 is 2.00 bits per heavy atom. The van der Waals surface area contributed by atoms with Gasteiger partial charge < -0.3 is 4.98 Å². The number of carbonyl (C=O) groups excluding carboxylic acids is 1. The lowest BCUT2D eigenvalue weighted by molar-refractivity contribution is 0.101. The first kappa shape index (κ1) is 12.8. The monoisotopic (exact) mass is 381 g/mol. The molecule has 2 aromatic heterocycles. The van der Waals surface area contributed by atoms with Gasteiger partial charge in [0.05, 0.1) is 29.2 Å². The van der Waals surface area contributed by atoms with Gasteiger partial charge in [0.2, 0.25) is 5.95 Å². The van der Waals surface area contributed by atoms with Crippen LogP contribution in [0.25, 0.3) is 11.2 Å². The first-order valence-electron chi connectivity index (χ1n) is 5.65. The Hall–Kier alpha value is -2.23. The van der Waals surface area contributed by atoms with Crippen LogP contribution in [-0.2, 0) is 0 Å². The lowest BCUT2D eigenvalue weighted by Crippen LogP contribution is -2.24. The molecule has 0 bridgehead atoms. The number of imidazole rings is 1. The summed E-state index contributed by atoms with van der Waals surface area (Å²) in [6, 6.07) is 8.75. The van der Waals surface area contributed by atoms with Gasteiger partial charge in [0, 0.05) is 5.56 Å². The van der Waals surface area contributed by atoms with Gasteiger partial charge in [-0.25, -0.2) is 8.10 Å². The van der Waals surface area contributed by atoms with Gasteiger partial charge in [-0.1, -0.05) is 18.2 Å². The second-order valence-electron chi connectivity index (χ2n) is 3.94. The van der Waals surface area contributed by atoms with Gasteiger partial charge in [0.1, 0.15) is 0 Å². The van der Waals surface area contributed by atoms with Crippen molar-refractivity contribution in [2.45, 2.75) is 0 Å². The van der Waals surface area contributed by atoms with Crippen molar-refractivity contribution < 1.29 is 4.79 Å². The summed E-state index contributed by atoms with van der Waals surface area (Å²) in [5.41, 5.74) is 0.689. The number of nitrogens with zero attached hydrogens (tertiary/aromatic N) is 3. The quantitative estimate of drug-likeness (QED) is 0.521. The number of amides is 1. The van der Waals surface area contributed by atoms with Gasteiger partial charge in [0.25, 0.3) is 11.5 Å². The third-order valence-corrected chi connectivity index (χ3v) is 3.56. The minimum atomic E-state index is -0.370. The number of hydrogen-bond donors (Lipinski definition) is 2. The third-order valence-electron chi connectivity index (χ3n) is 2.67. The maximum absolute atomic E-state index is 12.3. The van der Waals surface area contributed by atoms with Crippen molar-refractivity contribution in [3.8, 4) is 0 Å². The standard InChI is InChI=1S/C12H8IN5O2/c13-18(11(20)7-4-2-1-3-5-7)12-16-9-8(10(19)17-12)14-6-15-9/h1-6H,(H2,14,15,16,17,19). The average Bonchev–Trinajstić information content (AvgIpc) is 2.95. The van der Waals surface area contributed by atoms with Gasteiger partial charge in [-0.15, -0.1) is 0 Å². The van der Waals surface area contributed by atoms with Crippen LogP contribution < -0.4 is 8.67 Å². The van der Waals surface area contributed by atoms with E-state index >= 15 is 0 Å². The summed E-state index contributed by atoms with van der Waals surface area (Å²) in [6.45, 7) is 0. The van der Waals surface area contributed by atoms with Crippen LogP contribution in [0.5, 0.6) is 0 Å². The molecule has 20 heavy (non-hydrogen) atoms. The Morgan fingerprint density at radius 1 is 1.25 bits per heavy atom. The zero-order chi connectivity index (χ0) is 14.1. The van der Waals surface area contributed by atoms with E-state index in [1.54, 1.807) is 47.1 Å². The predicted molar refractivity (Wildman–Crippen MR) is 81.8 cm³/mol. The average molecular weight is 381 g/mol. The Labute approximate surface area is 126 Å². The SMILES string of the molecule is O=C(c1ccccc1)N(I)c1nc2nc[nH]c2c(=O)[nH]1. The molecule has 2 N–H and O–H groups in total. The molecule has 0 spiro atoms. The number of H-pyrrole nitrogens is 2. The third kappa shape index (κ3) is 2.18. The summed E-state index contributed by atoms with van der Waals surface area (Å²) >= 11 is 1.80. The van der Waals surface area contributed by atoms with Gasteiger partial charge in [-0.05, 0) is 12.1 Å². The molecule has 0 aliphatic carbocycles. The van der Waals surface area contributed by atoms with Crippen LogP contribution in [0.15, 0.2) is 41.5 Å². The Bertz CT molecular complexity index is 826. The van der Waals surface area contributed by atoms with Crippen LogP contribution in [0.1, 0.15) is 10.4 Å². The van der Waals surface area contributed by atoms with Gasteiger partial charge >= 0.3 is 0 Å². The molecule has 0 atom stereocenters. The largest absolute Gasteiger partial charge is 0.339 e. The Kier molecular flexibility index (Phi) is 3.22. The summed E-state index contributed by atoms with van der Waals surface area (Å²) in [4.78, 5) is 37.4. The molecule has 7 nitrogen and oxygen atoms in total. The van der Waals surface area contributed by atoms with E-state index in [-0.39, 0.29) is 28.6 Å². The van der Waals surface area contributed by atoms with Crippen LogP contribution in [-0.4, -0.2) is 25.8 Å². The molecule has 1 aromatic carbocycles. The van der Waals surface area contributed by atoms with Crippen LogP contribution in [0, 0.1) is 0 Å². The molecule has 0 aliphatic heterocycles. The molecule has 1 amide bonds. The first-order valence-corrected chi connectivity index (χ1v) is 6.62. The predicted octanol–water partition coefficient (Wildman–Crippen LogP) is 1.64. The molecule has 0 saturated heterocycles. The van der Waals surface area contributed by atoms with Gasteiger partial charge in [-0.2, -0.15) is 4.98 Å². The molecule has 3 rings (SSSR count). The molecule has 0 saturated carbocycles. The van der Waals surface area contributed by atoms with Crippen molar-refractivity contribution in [3.05, 3.63) is 52.6 Å². The molecule has 0 aliphatic rings. The molecule has 100 valence electrons. The van der Waals surface area contributed by atoms with Crippen LogP contribution in [0.4, 0.5) is 5.95 Å². The Morgan fingerprint density at radius 3 is 2.75 bits per heavy atom. The topological polar surface area (TPSA) is 94.7 Å². The summed E-state index contributed by atoms with van der Waals surface area (Å²) < 4.78 is 1.25. The van der Waals surface area contributed by atoms with Crippen molar-refractivity contribution in [2.75, 3.05) is 3.11 Å². The van der Waals surface area contributed by atoms with Crippen LogP contribution in [0.2, 0.25) is 0 Å². The highest BCUT2D eigenvalue weighted by atomic mass is 127. The van der Waals surface area contributed by atoms with Crippen molar-refractivity contribution >= 4 is 45.9 Å². The number of aromatic amines is 2. The van der Waals surface area contributed by atoms with E-state index in [0.29, 0.717) is 5.56 Å². The molecule has 8 heteroatoms. The first-order chi connectivity index (χ1) is 9.66. The molecule has 3 aromatic rings. The maximum Gasteiger partial charge on any atom is 0.278 e. The molecule has 0 radical (unpaired) electrons. The highest BCUT2D eigenvalue weighted by molar-refractivity contribution is 14.1. The van der Waals surface area contributed by atoms with Crippen molar-refractivity contribution in [3.63, 3.8) is 0 Å². The van der Waals surface area contributed by atoms with Crippen LogP contribution >= 0.6 is 22.9 Å². The van der Waals surface area contributed by atoms with Gasteiger partial charge in [0.15, 0.2) is 11.2 Å². The molecule has 0 unspecified atom stereocenters. The van der Waals surface area contributed by atoms with Crippen molar-refractivity contribution in [1.82, 2.24) is 19.9 Å². The maximum atomic E-state index is 12.3. The normalized spacial score (nSPS) is 10.7. The number of halogens is 1. The summed E-state index contributed by atoms with van der Waals surface area (Å²) in [5, 5.41) is 0. The highest BCUT2D eigenvalue weighted by Gasteiger charge is 2.18. The minimum absolute atomic E-state index is 0.143. The molecule has 0 fully saturated rings. The number of rotatable bonds is 2. The zero-order valence-corrected chi connectivity index (χ0v) is 12.2. The van der Waals surface area contributed by atoms with Crippen molar-refractivity contribution in [1.29, 1.82) is 0 Å². The number of hydrogen-bond acceptors (Lipinski definition) is 4. The second kappa shape index (κ2) is 5.04. The van der Waals surface area contributed by atoms with E-state index in [9.17, 15) is 9.59 Å². The number of nitrogens with one attached hydrogen (secondary N) is 2. The summed E-state index contributed by atoms with van der Waals surface area (Å²) in [7, 11) is 0. The Balaban J connectivity index is 2.02. The fraction of sp³-hybridized carbons (Fsp3) is 0. The summed E-state index contributed by atoms with van der Waals surface area (Å²) in [6.07, 6.45) is 1.38. The van der Waals surface area contributed by atoms with E-state index in [1.807, 2.05) is 6.07 Å². The van der Waals surface area contributed by atoms with E-state index in [0.717, 1.165) is 0 Å². The van der Waals surface area contributed by atoms with E-state index in [4.69, 9.17) is 0 Å². The van der Waals surface area contributed by atoms with E-state index < -0.39 is 0 Å². The number of anilines is 1. The number of carbonyl (C=O) groups is 1. The fourth-order valence-corrected chi connectivity index (χ4v) is 2.22. The smallest absolute Gasteiger partial charge is 0.278 e. The minimum Gasteiger partial charge on any atom is -0.339 e. The fourth-order valence-electron chi connectivity index (χ4n) is 1.71. The van der Waals surface area contributed by atoms with E-state index in [2.05, 4.69) is 19.9 Å². The van der Waals surface area contributed by atoms with Crippen LogP contribution in [0.3, 0.4) is 0 Å². The second-order valence-corrected chi connectivity index (χ2v) is 4.91. The highest BCUT2D eigenvalue weighted by Crippen LogP contribution is 2.17.